The number of carboxylic acid groups (broad SMARTS) is 1. The summed E-state index contributed by atoms with van der Waals surface area (Å²) in [4.78, 5) is 21.9. The van der Waals surface area contributed by atoms with Gasteiger partial charge in [-0.2, -0.15) is 4.39 Å². The molecule has 0 unspecified atom stereocenters. The Hall–Kier alpha value is -4.25. The Labute approximate surface area is 247 Å². The molecule has 0 spiro atoms. The summed E-state index contributed by atoms with van der Waals surface area (Å²) in [7, 11) is 0. The van der Waals surface area contributed by atoms with E-state index in [1.807, 2.05) is 36.4 Å². The lowest BCUT2D eigenvalue weighted by molar-refractivity contribution is -0.0589. The van der Waals surface area contributed by atoms with Gasteiger partial charge in [0.25, 0.3) is 6.01 Å². The summed E-state index contributed by atoms with van der Waals surface area (Å²) in [6, 6.07) is 19.3. The summed E-state index contributed by atoms with van der Waals surface area (Å²) in [5, 5.41) is 10.3. The molecule has 1 saturated heterocycles. The van der Waals surface area contributed by atoms with Crippen LogP contribution in [-0.2, 0) is 24.3 Å². The van der Waals surface area contributed by atoms with Crippen molar-refractivity contribution in [1.82, 2.24) is 14.5 Å². The van der Waals surface area contributed by atoms with Crippen LogP contribution in [-0.4, -0.2) is 38.3 Å². The number of imidazole rings is 1. The molecule has 6 aromatic rings. The molecule has 1 N–H and O–H groups in total. The zero-order valence-corrected chi connectivity index (χ0v) is 23.6. The van der Waals surface area contributed by atoms with Crippen molar-refractivity contribution in [3.63, 3.8) is 0 Å². The summed E-state index contributed by atoms with van der Waals surface area (Å²) in [5.74, 6) is 0.352. The standard InChI is InChI=1S/C31H23ClFN3O5S/c32-22-9-8-19(29-21(22)13-26(33)41-29)16-40-28-3-1-2-23(34-28)18-6-4-17(5-7-18)12-27-35-30-24(14-25(42-30)31(37)38)36(27)15-20-10-11-39-20/h1-9,13-14,20H,10-12,15-16H2,(H,37,38)/t20-/m0/s1. The van der Waals surface area contributed by atoms with E-state index in [0.717, 1.165) is 46.0 Å². The molecule has 212 valence electrons. The van der Waals surface area contributed by atoms with Crippen molar-refractivity contribution in [2.75, 3.05) is 6.61 Å². The molecule has 8 nitrogen and oxygen atoms in total. The van der Waals surface area contributed by atoms with Crippen LogP contribution in [0.2, 0.25) is 5.02 Å². The normalized spacial score (nSPS) is 14.9. The molecule has 7 rings (SSSR count). The van der Waals surface area contributed by atoms with E-state index in [-0.39, 0.29) is 17.6 Å². The molecule has 42 heavy (non-hydrogen) atoms. The van der Waals surface area contributed by atoms with Crippen LogP contribution in [0.3, 0.4) is 0 Å². The maximum Gasteiger partial charge on any atom is 0.346 e. The second-order valence-electron chi connectivity index (χ2n) is 10.0. The molecule has 0 aliphatic carbocycles. The van der Waals surface area contributed by atoms with Crippen molar-refractivity contribution in [1.29, 1.82) is 0 Å². The van der Waals surface area contributed by atoms with Gasteiger partial charge in [0.1, 0.15) is 27.7 Å². The van der Waals surface area contributed by atoms with Crippen molar-refractivity contribution < 1.29 is 28.2 Å². The third-order valence-electron chi connectivity index (χ3n) is 7.31. The number of furan rings is 1. The summed E-state index contributed by atoms with van der Waals surface area (Å²) < 4.78 is 32.5. The van der Waals surface area contributed by atoms with Crippen LogP contribution in [0.1, 0.15) is 33.0 Å². The highest BCUT2D eigenvalue weighted by Crippen LogP contribution is 2.31. The summed E-state index contributed by atoms with van der Waals surface area (Å²) in [5.41, 5.74) is 4.58. The van der Waals surface area contributed by atoms with Crippen LogP contribution < -0.4 is 4.74 Å². The smallest absolute Gasteiger partial charge is 0.346 e. The van der Waals surface area contributed by atoms with Crippen LogP contribution in [0, 0.1) is 6.01 Å². The maximum absolute atomic E-state index is 13.7. The van der Waals surface area contributed by atoms with Gasteiger partial charge in [-0.1, -0.05) is 48.0 Å². The molecule has 4 aromatic heterocycles. The summed E-state index contributed by atoms with van der Waals surface area (Å²) in [6.45, 7) is 1.53. The molecule has 2 aromatic carbocycles. The number of carboxylic acids is 1. The summed E-state index contributed by atoms with van der Waals surface area (Å²) >= 11 is 7.35. The largest absolute Gasteiger partial charge is 0.477 e. The van der Waals surface area contributed by atoms with Gasteiger partial charge >= 0.3 is 5.97 Å². The van der Waals surface area contributed by atoms with Crippen molar-refractivity contribution >= 4 is 50.2 Å². The van der Waals surface area contributed by atoms with Gasteiger partial charge in [0.15, 0.2) is 0 Å². The third kappa shape index (κ3) is 5.13. The number of rotatable bonds is 9. The van der Waals surface area contributed by atoms with Gasteiger partial charge in [0.2, 0.25) is 5.88 Å². The number of hydrogen-bond acceptors (Lipinski definition) is 7. The van der Waals surface area contributed by atoms with E-state index in [4.69, 9.17) is 30.5 Å². The quantitative estimate of drug-likeness (QED) is 0.184. The topological polar surface area (TPSA) is 99.6 Å². The van der Waals surface area contributed by atoms with Gasteiger partial charge < -0.3 is 23.6 Å². The van der Waals surface area contributed by atoms with Gasteiger partial charge in [0, 0.05) is 41.7 Å². The van der Waals surface area contributed by atoms with E-state index in [0.29, 0.717) is 40.4 Å². The van der Waals surface area contributed by atoms with E-state index in [9.17, 15) is 14.3 Å². The van der Waals surface area contributed by atoms with Crippen LogP contribution in [0.5, 0.6) is 5.88 Å². The first-order valence-corrected chi connectivity index (χ1v) is 14.5. The number of thiophene rings is 1. The average molecular weight is 604 g/mol. The number of aromatic carboxylic acids is 1. The monoisotopic (exact) mass is 603 g/mol. The first kappa shape index (κ1) is 26.6. The lowest BCUT2D eigenvalue weighted by atomic mass is 10.1. The first-order chi connectivity index (χ1) is 20.4. The van der Waals surface area contributed by atoms with E-state index in [2.05, 4.69) is 9.55 Å². The second kappa shape index (κ2) is 10.9. The van der Waals surface area contributed by atoms with Gasteiger partial charge in [0.05, 0.1) is 28.9 Å². The van der Waals surface area contributed by atoms with Gasteiger partial charge in [-0.15, -0.1) is 11.3 Å². The fourth-order valence-electron chi connectivity index (χ4n) is 5.05. The predicted octanol–water partition coefficient (Wildman–Crippen LogP) is 7.36. The van der Waals surface area contributed by atoms with E-state index < -0.39 is 12.0 Å². The predicted molar refractivity (Wildman–Crippen MR) is 157 cm³/mol. The van der Waals surface area contributed by atoms with E-state index in [1.165, 1.54) is 17.4 Å². The highest BCUT2D eigenvalue weighted by atomic mass is 35.5. The number of pyridine rings is 1. The lowest BCUT2D eigenvalue weighted by Crippen LogP contribution is -2.31. The SMILES string of the molecule is O=C(O)c1cc2c(nc(Cc3ccc(-c4cccc(OCc5ccc(Cl)c6cc(F)oc56)n4)cc3)n2C[C@@H]2CCO2)s1. The molecule has 1 aliphatic heterocycles. The van der Waals surface area contributed by atoms with Crippen LogP contribution in [0.4, 0.5) is 4.39 Å². The number of hydrogen-bond donors (Lipinski definition) is 1. The van der Waals surface area contributed by atoms with Crippen LogP contribution in [0.25, 0.3) is 32.6 Å². The fourth-order valence-corrected chi connectivity index (χ4v) is 6.15. The fraction of sp³-hybridized carbons (Fsp3) is 0.194. The first-order valence-electron chi connectivity index (χ1n) is 13.3. The minimum absolute atomic E-state index is 0.114. The van der Waals surface area contributed by atoms with Crippen molar-refractivity contribution in [3.05, 3.63) is 99.6 Å². The van der Waals surface area contributed by atoms with Crippen LogP contribution in [0.15, 0.2) is 71.1 Å². The molecular weight excluding hydrogens is 581 g/mol. The van der Waals surface area contributed by atoms with Crippen LogP contribution >= 0.6 is 22.9 Å². The second-order valence-corrected chi connectivity index (χ2v) is 11.5. The number of fused-ring (bicyclic) bond motifs is 2. The Morgan fingerprint density at radius 3 is 2.74 bits per heavy atom. The summed E-state index contributed by atoms with van der Waals surface area (Å²) in [6.07, 6.45) is 1.68. The maximum atomic E-state index is 13.7. The number of benzene rings is 2. The van der Waals surface area contributed by atoms with Crippen molar-refractivity contribution in [2.45, 2.75) is 32.1 Å². The van der Waals surface area contributed by atoms with Crippen molar-refractivity contribution in [2.24, 2.45) is 0 Å². The highest BCUT2D eigenvalue weighted by molar-refractivity contribution is 7.20. The average Bonchev–Trinajstić information content (AvgIpc) is 3.64. The molecule has 1 aliphatic rings. The number of halogens is 2. The Morgan fingerprint density at radius 2 is 1.98 bits per heavy atom. The van der Waals surface area contributed by atoms with E-state index >= 15 is 0 Å². The highest BCUT2D eigenvalue weighted by Gasteiger charge is 2.24. The van der Waals surface area contributed by atoms with Gasteiger partial charge in [-0.25, -0.2) is 14.8 Å². The number of nitrogens with zero attached hydrogens (tertiary/aromatic N) is 3. The Morgan fingerprint density at radius 1 is 1.14 bits per heavy atom. The minimum Gasteiger partial charge on any atom is -0.477 e. The van der Waals surface area contributed by atoms with Gasteiger partial charge in [-0.3, -0.25) is 0 Å². The van der Waals surface area contributed by atoms with E-state index in [1.54, 1.807) is 24.3 Å². The number of ether oxygens (including phenoxy) is 2. The molecule has 0 amide bonds. The number of aromatic nitrogens is 3. The molecule has 0 bridgehead atoms. The molecule has 1 atom stereocenters. The molecule has 0 radical (unpaired) electrons. The van der Waals surface area contributed by atoms with Crippen molar-refractivity contribution in [3.8, 4) is 17.1 Å². The molecule has 11 heteroatoms. The molecule has 0 saturated carbocycles. The Kier molecular flexibility index (Phi) is 6.89. The zero-order chi connectivity index (χ0) is 28.8. The number of carbonyl (C=O) groups is 1. The Bertz CT molecular complexity index is 1940. The zero-order valence-electron chi connectivity index (χ0n) is 22.0. The lowest BCUT2D eigenvalue weighted by Gasteiger charge is -2.27. The molecule has 1 fully saturated rings. The molecular formula is C31H23ClFN3O5S. The molecule has 5 heterocycles. The third-order valence-corrected chi connectivity index (χ3v) is 8.65. The minimum atomic E-state index is -0.945. The Balaban J connectivity index is 1.08. The van der Waals surface area contributed by atoms with Gasteiger partial charge in [-0.05, 0) is 30.2 Å².